The maximum absolute atomic E-state index is 8.92. The summed E-state index contributed by atoms with van der Waals surface area (Å²) in [6.45, 7) is 0. The van der Waals surface area contributed by atoms with E-state index < -0.39 is 0 Å². The molecule has 18 heavy (non-hydrogen) atoms. The SMILES string of the molecule is CO/N=C/C(C#N)=C\c1ccc(OC)c(OC)c1. The van der Waals surface area contributed by atoms with Gasteiger partial charge in [0.15, 0.2) is 11.5 Å². The van der Waals surface area contributed by atoms with Gasteiger partial charge in [-0.3, -0.25) is 0 Å². The Morgan fingerprint density at radius 3 is 2.50 bits per heavy atom. The fourth-order valence-electron chi connectivity index (χ4n) is 1.33. The number of ether oxygens (including phenoxy) is 2. The first-order chi connectivity index (χ1) is 8.74. The molecule has 0 aromatic heterocycles. The Kier molecular flexibility index (Phi) is 5.26. The topological polar surface area (TPSA) is 63.8 Å². The summed E-state index contributed by atoms with van der Waals surface area (Å²) in [4.78, 5) is 4.53. The van der Waals surface area contributed by atoms with Crippen LogP contribution in [0.3, 0.4) is 0 Å². The highest BCUT2D eigenvalue weighted by molar-refractivity contribution is 5.90. The Hall–Kier alpha value is -2.48. The van der Waals surface area contributed by atoms with Crippen molar-refractivity contribution in [2.75, 3.05) is 21.3 Å². The number of rotatable bonds is 5. The summed E-state index contributed by atoms with van der Waals surface area (Å²) in [5.41, 5.74) is 1.19. The number of hydrogen-bond donors (Lipinski definition) is 0. The standard InChI is InChI=1S/C13H14N2O3/c1-16-12-5-4-10(7-13(12)17-2)6-11(8-14)9-15-18-3/h4-7,9H,1-3H3/b11-6-,15-9+. The van der Waals surface area contributed by atoms with E-state index in [4.69, 9.17) is 14.7 Å². The van der Waals surface area contributed by atoms with E-state index >= 15 is 0 Å². The molecule has 0 N–H and O–H groups in total. The number of allylic oxidation sites excluding steroid dienone is 1. The molecule has 0 fully saturated rings. The third-order valence-corrected chi connectivity index (χ3v) is 2.16. The first-order valence-corrected chi connectivity index (χ1v) is 5.15. The molecule has 0 saturated carbocycles. The quantitative estimate of drug-likeness (QED) is 0.454. The van der Waals surface area contributed by atoms with Crippen LogP contribution in [-0.4, -0.2) is 27.5 Å². The van der Waals surface area contributed by atoms with E-state index in [0.717, 1.165) is 5.56 Å². The Morgan fingerprint density at radius 1 is 1.22 bits per heavy atom. The summed E-state index contributed by atoms with van der Waals surface area (Å²) in [7, 11) is 4.55. The molecule has 0 heterocycles. The van der Waals surface area contributed by atoms with Crippen molar-refractivity contribution >= 4 is 12.3 Å². The Balaban J connectivity index is 3.07. The van der Waals surface area contributed by atoms with Gasteiger partial charge in [-0.15, -0.1) is 0 Å². The fraction of sp³-hybridized carbons (Fsp3) is 0.231. The first kappa shape index (κ1) is 13.6. The lowest BCUT2D eigenvalue weighted by molar-refractivity contribution is 0.215. The summed E-state index contributed by atoms with van der Waals surface area (Å²) >= 11 is 0. The number of nitrogens with zero attached hydrogens (tertiary/aromatic N) is 2. The lowest BCUT2D eigenvalue weighted by Gasteiger charge is -2.07. The normalized spacial score (nSPS) is 11.1. The molecule has 0 spiro atoms. The fourth-order valence-corrected chi connectivity index (χ4v) is 1.33. The van der Waals surface area contributed by atoms with E-state index in [1.54, 1.807) is 32.4 Å². The molecule has 5 nitrogen and oxygen atoms in total. The van der Waals surface area contributed by atoms with Crippen LogP contribution in [0.4, 0.5) is 0 Å². The summed E-state index contributed by atoms with van der Waals surface area (Å²) < 4.78 is 10.3. The highest BCUT2D eigenvalue weighted by Crippen LogP contribution is 2.28. The highest BCUT2D eigenvalue weighted by atomic mass is 16.6. The van der Waals surface area contributed by atoms with Crippen molar-refractivity contribution in [3.8, 4) is 17.6 Å². The number of nitriles is 1. The van der Waals surface area contributed by atoms with E-state index in [1.807, 2.05) is 12.1 Å². The van der Waals surface area contributed by atoms with Gasteiger partial charge in [0.2, 0.25) is 0 Å². The molecule has 1 rings (SSSR count). The second-order valence-corrected chi connectivity index (χ2v) is 3.24. The number of benzene rings is 1. The van der Waals surface area contributed by atoms with Crippen molar-refractivity contribution in [2.45, 2.75) is 0 Å². The summed E-state index contributed by atoms with van der Waals surface area (Å²) in [5.74, 6) is 1.24. The van der Waals surface area contributed by atoms with Gasteiger partial charge in [0.05, 0.1) is 26.0 Å². The van der Waals surface area contributed by atoms with Gasteiger partial charge in [0.25, 0.3) is 0 Å². The van der Waals surface area contributed by atoms with E-state index in [2.05, 4.69) is 9.99 Å². The smallest absolute Gasteiger partial charge is 0.161 e. The number of oxime groups is 1. The minimum atomic E-state index is 0.379. The number of methoxy groups -OCH3 is 2. The predicted octanol–water partition coefficient (Wildman–Crippen LogP) is 2.24. The third kappa shape index (κ3) is 3.52. The third-order valence-electron chi connectivity index (χ3n) is 2.16. The zero-order valence-corrected chi connectivity index (χ0v) is 10.5. The molecule has 0 bridgehead atoms. The van der Waals surface area contributed by atoms with E-state index in [1.165, 1.54) is 13.3 Å². The van der Waals surface area contributed by atoms with Crippen molar-refractivity contribution < 1.29 is 14.3 Å². The maximum Gasteiger partial charge on any atom is 0.161 e. The average Bonchev–Trinajstić information content (AvgIpc) is 2.43. The van der Waals surface area contributed by atoms with Crippen LogP contribution in [-0.2, 0) is 4.84 Å². The van der Waals surface area contributed by atoms with Crippen molar-refractivity contribution in [2.24, 2.45) is 5.16 Å². The lowest BCUT2D eigenvalue weighted by Crippen LogP contribution is -1.91. The molecule has 0 aliphatic carbocycles. The largest absolute Gasteiger partial charge is 0.493 e. The molecule has 0 unspecified atom stereocenters. The molecule has 94 valence electrons. The van der Waals surface area contributed by atoms with Crippen LogP contribution >= 0.6 is 0 Å². The van der Waals surface area contributed by atoms with Gasteiger partial charge >= 0.3 is 0 Å². The van der Waals surface area contributed by atoms with Crippen LogP contribution < -0.4 is 9.47 Å². The number of hydrogen-bond acceptors (Lipinski definition) is 5. The molecule has 1 aromatic carbocycles. The van der Waals surface area contributed by atoms with Crippen LogP contribution in [0, 0.1) is 11.3 Å². The maximum atomic E-state index is 8.92. The summed E-state index contributed by atoms with van der Waals surface area (Å²) in [5, 5.41) is 12.5. The highest BCUT2D eigenvalue weighted by Gasteiger charge is 2.03. The summed E-state index contributed by atoms with van der Waals surface area (Å²) in [6.07, 6.45) is 3.02. The lowest BCUT2D eigenvalue weighted by atomic mass is 10.1. The van der Waals surface area contributed by atoms with Crippen molar-refractivity contribution in [1.29, 1.82) is 5.26 Å². The van der Waals surface area contributed by atoms with Gasteiger partial charge in [0.1, 0.15) is 13.2 Å². The molecular formula is C13H14N2O3. The van der Waals surface area contributed by atoms with Crippen LogP contribution in [0.5, 0.6) is 11.5 Å². The minimum Gasteiger partial charge on any atom is -0.493 e. The van der Waals surface area contributed by atoms with E-state index in [-0.39, 0.29) is 0 Å². The second kappa shape index (κ2) is 6.97. The molecule has 0 radical (unpaired) electrons. The van der Waals surface area contributed by atoms with Gasteiger partial charge in [0, 0.05) is 0 Å². The first-order valence-electron chi connectivity index (χ1n) is 5.15. The van der Waals surface area contributed by atoms with Gasteiger partial charge in [-0.2, -0.15) is 5.26 Å². The predicted molar refractivity (Wildman–Crippen MR) is 68.6 cm³/mol. The molecule has 0 aliphatic rings. The van der Waals surface area contributed by atoms with Crippen molar-refractivity contribution in [3.05, 3.63) is 29.3 Å². The average molecular weight is 246 g/mol. The monoisotopic (exact) mass is 246 g/mol. The molecular weight excluding hydrogens is 232 g/mol. The van der Waals surface area contributed by atoms with Crippen LogP contribution in [0.15, 0.2) is 28.9 Å². The van der Waals surface area contributed by atoms with Gasteiger partial charge in [-0.05, 0) is 23.8 Å². The van der Waals surface area contributed by atoms with Crippen molar-refractivity contribution in [1.82, 2.24) is 0 Å². The second-order valence-electron chi connectivity index (χ2n) is 3.24. The van der Waals surface area contributed by atoms with Crippen LogP contribution in [0.25, 0.3) is 6.08 Å². The summed E-state index contributed by atoms with van der Waals surface area (Å²) in [6, 6.07) is 7.38. The zero-order valence-electron chi connectivity index (χ0n) is 10.5. The Morgan fingerprint density at radius 2 is 1.94 bits per heavy atom. The minimum absolute atomic E-state index is 0.379. The molecule has 5 heteroatoms. The van der Waals surface area contributed by atoms with Gasteiger partial charge in [-0.25, -0.2) is 0 Å². The zero-order chi connectivity index (χ0) is 13.4. The molecule has 0 aliphatic heterocycles. The van der Waals surface area contributed by atoms with Crippen LogP contribution in [0.2, 0.25) is 0 Å². The molecule has 0 amide bonds. The van der Waals surface area contributed by atoms with Gasteiger partial charge in [-0.1, -0.05) is 11.2 Å². The Bertz CT molecular complexity index is 501. The van der Waals surface area contributed by atoms with E-state index in [9.17, 15) is 0 Å². The van der Waals surface area contributed by atoms with Gasteiger partial charge < -0.3 is 14.3 Å². The van der Waals surface area contributed by atoms with E-state index in [0.29, 0.717) is 17.1 Å². The Labute approximate surface area is 106 Å². The molecule has 0 saturated heterocycles. The van der Waals surface area contributed by atoms with Crippen molar-refractivity contribution in [3.63, 3.8) is 0 Å². The van der Waals surface area contributed by atoms with Crippen LogP contribution in [0.1, 0.15) is 5.56 Å². The molecule has 0 atom stereocenters. The molecule has 1 aromatic rings.